The van der Waals surface area contributed by atoms with Crippen molar-refractivity contribution in [2.75, 3.05) is 63.1 Å². The Hall–Kier alpha value is -6.78. The molecule has 2 atom stereocenters. The molecule has 16 heteroatoms. The predicted molar refractivity (Wildman–Crippen MR) is 273 cm³/mol. The van der Waals surface area contributed by atoms with E-state index in [0.29, 0.717) is 67.4 Å². The van der Waals surface area contributed by atoms with Gasteiger partial charge in [-0.05, 0) is 135 Å². The molecule has 374 valence electrons. The van der Waals surface area contributed by atoms with Gasteiger partial charge in [-0.1, -0.05) is 18.2 Å². The van der Waals surface area contributed by atoms with Crippen LogP contribution in [0.2, 0.25) is 0 Å². The van der Waals surface area contributed by atoms with Gasteiger partial charge in [0, 0.05) is 113 Å². The molecule has 3 aromatic heterocycles. The van der Waals surface area contributed by atoms with E-state index in [1.807, 2.05) is 41.6 Å². The highest BCUT2D eigenvalue weighted by Crippen LogP contribution is 2.58. The number of piperidine rings is 2. The SMILES string of the molecule is CNc1cc(=O)n(-c2ccnc3c2cc([C@H](C)N2CC=C(c4c(C)cc(C(=O)N5CCC(CN6CCC=C(c7ccc8c(c7)C7(CC7)C(=O)N8C7CCC(=O)NC7=O)CC6)CC5)cc4F)CC2)n3C)cc1F. The maximum Gasteiger partial charge on any atom is 0.257 e. The Kier molecular flexibility index (Phi) is 12.3. The monoisotopic (exact) mass is 977 g/mol. The lowest BCUT2D eigenvalue weighted by molar-refractivity contribution is -0.135. The van der Waals surface area contributed by atoms with Crippen LogP contribution in [0.25, 0.3) is 27.9 Å². The summed E-state index contributed by atoms with van der Waals surface area (Å²) in [4.78, 5) is 78.4. The Labute approximate surface area is 417 Å². The van der Waals surface area contributed by atoms with Gasteiger partial charge in [-0.3, -0.25) is 43.7 Å². The molecule has 5 aromatic rings. The minimum absolute atomic E-state index is 0.0181. The van der Waals surface area contributed by atoms with Crippen molar-refractivity contribution in [3.63, 3.8) is 0 Å². The van der Waals surface area contributed by atoms with Crippen LogP contribution in [0.1, 0.15) is 109 Å². The molecule has 4 amide bonds. The van der Waals surface area contributed by atoms with Crippen LogP contribution in [0, 0.1) is 24.5 Å². The van der Waals surface area contributed by atoms with Crippen LogP contribution in [-0.2, 0) is 26.8 Å². The summed E-state index contributed by atoms with van der Waals surface area (Å²) in [6.45, 7) is 9.34. The molecule has 1 spiro atoms. The number of rotatable bonds is 10. The molecular weight excluding hydrogens is 917 g/mol. The standard InChI is InChI=1S/C56H61F2N9O5/c1-33-26-39(28-42(57)51(33)37-15-24-64(25-16-37)34(2)48-29-40-45(11-19-60-52(40)62(48)4)66-32-43(58)44(59-3)30-50(66)69)54(71)65-22-12-35(13-23-65)31-63-20-5-6-36(14-21-63)38-7-8-46-41(27-38)56(17-18-56)55(72)67(46)47-9-10-49(68)61-53(47)70/h6-8,11,15,19,26-30,32,34-35,47,59H,5,9-10,12-14,16-18,20-25,31H2,1-4H3,(H,61,68,70)/t34-,47?/m0/s1. The number of carbonyl (C=O) groups is 4. The molecule has 1 unspecified atom stereocenters. The summed E-state index contributed by atoms with van der Waals surface area (Å²) in [6.07, 6.45) is 13.5. The highest BCUT2D eigenvalue weighted by Gasteiger charge is 2.61. The second-order valence-corrected chi connectivity index (χ2v) is 20.7. The first kappa shape index (κ1) is 47.5. The number of hydrogen-bond donors (Lipinski definition) is 2. The first-order valence-corrected chi connectivity index (χ1v) is 25.5. The molecule has 1 saturated carbocycles. The van der Waals surface area contributed by atoms with E-state index in [4.69, 9.17) is 0 Å². The van der Waals surface area contributed by atoms with Crippen LogP contribution >= 0.6 is 0 Å². The van der Waals surface area contributed by atoms with Gasteiger partial charge >= 0.3 is 0 Å². The zero-order valence-electron chi connectivity index (χ0n) is 41.4. The number of benzene rings is 2. The number of pyridine rings is 2. The Morgan fingerprint density at radius 1 is 0.889 bits per heavy atom. The summed E-state index contributed by atoms with van der Waals surface area (Å²) in [6, 6.07) is 13.8. The van der Waals surface area contributed by atoms with Crippen molar-refractivity contribution in [2.24, 2.45) is 13.0 Å². The Morgan fingerprint density at radius 3 is 2.40 bits per heavy atom. The number of imide groups is 1. The summed E-state index contributed by atoms with van der Waals surface area (Å²) >= 11 is 0. The average Bonchev–Trinajstić information content (AvgIpc) is 4.12. The lowest BCUT2D eigenvalue weighted by atomic mass is 9.92. The number of halogens is 2. The third-order valence-electron chi connectivity index (χ3n) is 16.5. The zero-order valence-corrected chi connectivity index (χ0v) is 41.4. The van der Waals surface area contributed by atoms with E-state index in [1.54, 1.807) is 24.2 Å². The normalized spacial score (nSPS) is 21.1. The van der Waals surface area contributed by atoms with E-state index in [9.17, 15) is 28.4 Å². The van der Waals surface area contributed by atoms with Crippen molar-refractivity contribution in [2.45, 2.75) is 89.1 Å². The average molecular weight is 978 g/mol. The largest absolute Gasteiger partial charge is 0.386 e. The summed E-state index contributed by atoms with van der Waals surface area (Å²) < 4.78 is 34.3. The van der Waals surface area contributed by atoms with Crippen LogP contribution in [0.15, 0.2) is 77.9 Å². The second kappa shape index (κ2) is 18.7. The van der Waals surface area contributed by atoms with Gasteiger partial charge in [0.25, 0.3) is 11.5 Å². The fourth-order valence-corrected chi connectivity index (χ4v) is 12.3. The Morgan fingerprint density at radius 2 is 1.68 bits per heavy atom. The number of anilines is 2. The molecule has 8 heterocycles. The number of hydrogen-bond acceptors (Lipinski definition) is 9. The first-order valence-electron chi connectivity index (χ1n) is 25.5. The maximum absolute atomic E-state index is 16.2. The molecule has 11 rings (SSSR count). The van der Waals surface area contributed by atoms with Gasteiger partial charge in [0.15, 0.2) is 5.82 Å². The predicted octanol–water partition coefficient (Wildman–Crippen LogP) is 7.42. The molecule has 14 nitrogen and oxygen atoms in total. The van der Waals surface area contributed by atoms with E-state index in [0.717, 1.165) is 97.2 Å². The van der Waals surface area contributed by atoms with Crippen molar-refractivity contribution in [1.82, 2.24) is 34.1 Å². The van der Waals surface area contributed by atoms with E-state index in [-0.39, 0.29) is 47.2 Å². The number of fused-ring (bicyclic) bond motifs is 3. The van der Waals surface area contributed by atoms with Gasteiger partial charge in [0.05, 0.1) is 23.0 Å². The molecule has 3 fully saturated rings. The van der Waals surface area contributed by atoms with Crippen LogP contribution in [0.4, 0.5) is 20.2 Å². The molecule has 0 radical (unpaired) electrons. The minimum Gasteiger partial charge on any atom is -0.386 e. The Bertz CT molecular complexity index is 3180. The fourth-order valence-electron chi connectivity index (χ4n) is 12.3. The summed E-state index contributed by atoms with van der Waals surface area (Å²) in [5.41, 5.74) is 8.22. The molecule has 5 aliphatic heterocycles. The zero-order chi connectivity index (χ0) is 50.2. The van der Waals surface area contributed by atoms with E-state index in [1.165, 1.54) is 28.5 Å². The van der Waals surface area contributed by atoms with Gasteiger partial charge in [-0.15, -0.1) is 0 Å². The summed E-state index contributed by atoms with van der Waals surface area (Å²) in [7, 11) is 3.51. The summed E-state index contributed by atoms with van der Waals surface area (Å²) in [5, 5.41) is 5.87. The van der Waals surface area contributed by atoms with Crippen LogP contribution < -0.4 is 21.1 Å². The van der Waals surface area contributed by atoms with Gasteiger partial charge in [0.1, 0.15) is 17.5 Å². The van der Waals surface area contributed by atoms with Gasteiger partial charge in [0.2, 0.25) is 17.7 Å². The van der Waals surface area contributed by atoms with Gasteiger partial charge < -0.3 is 19.7 Å². The number of likely N-dealkylation sites (tertiary alicyclic amines) is 1. The smallest absolute Gasteiger partial charge is 0.257 e. The molecule has 6 aliphatic rings. The van der Waals surface area contributed by atoms with Crippen LogP contribution in [0.5, 0.6) is 0 Å². The summed E-state index contributed by atoms with van der Waals surface area (Å²) in [5.74, 6) is -1.31. The minimum atomic E-state index is -0.662. The van der Waals surface area contributed by atoms with Gasteiger partial charge in [-0.2, -0.15) is 0 Å². The van der Waals surface area contributed by atoms with E-state index < -0.39 is 23.2 Å². The van der Waals surface area contributed by atoms with Crippen molar-refractivity contribution < 1.29 is 28.0 Å². The molecule has 2 N–H and O–H groups in total. The molecule has 2 aromatic carbocycles. The fraction of sp³-hybridized carbons (Fsp3) is 0.429. The van der Waals surface area contributed by atoms with Crippen molar-refractivity contribution in [1.29, 1.82) is 0 Å². The van der Waals surface area contributed by atoms with Gasteiger partial charge in [-0.25, -0.2) is 13.8 Å². The third-order valence-corrected chi connectivity index (χ3v) is 16.5. The second-order valence-electron chi connectivity index (χ2n) is 20.7. The van der Waals surface area contributed by atoms with Crippen LogP contribution in [-0.4, -0.2) is 111 Å². The number of nitrogens with zero attached hydrogens (tertiary/aromatic N) is 7. The Balaban J connectivity index is 0.688. The third kappa shape index (κ3) is 8.35. The number of carbonyl (C=O) groups excluding carboxylic acids is 4. The molecular formula is C56H61F2N9O5. The van der Waals surface area contributed by atoms with Crippen LogP contribution in [0.3, 0.4) is 0 Å². The topological polar surface area (TPSA) is 145 Å². The number of nitrogens with one attached hydrogen (secondary N) is 2. The number of amides is 4. The quantitative estimate of drug-likeness (QED) is 0.137. The first-order chi connectivity index (χ1) is 34.7. The van der Waals surface area contributed by atoms with E-state index in [2.05, 4.69) is 56.6 Å². The molecule has 72 heavy (non-hydrogen) atoms. The highest BCUT2D eigenvalue weighted by molar-refractivity contribution is 6.15. The van der Waals surface area contributed by atoms with E-state index >= 15 is 4.39 Å². The van der Waals surface area contributed by atoms with Crippen molar-refractivity contribution in [3.05, 3.63) is 129 Å². The highest BCUT2D eigenvalue weighted by atomic mass is 19.1. The maximum atomic E-state index is 16.2. The molecule has 2 saturated heterocycles. The van der Waals surface area contributed by atoms with Crippen molar-refractivity contribution >= 4 is 57.2 Å². The number of aromatic nitrogens is 3. The van der Waals surface area contributed by atoms with Crippen molar-refractivity contribution in [3.8, 4) is 5.69 Å². The lowest BCUT2D eigenvalue weighted by Crippen LogP contribution is -2.54. The lowest BCUT2D eigenvalue weighted by Gasteiger charge is -2.35. The molecule has 0 bridgehead atoms. The molecule has 1 aliphatic carbocycles. The number of aryl methyl sites for hydroxylation is 2.